The minimum Gasteiger partial charge on any atom is -0.470 e. The molecule has 0 saturated carbocycles. The summed E-state index contributed by atoms with van der Waals surface area (Å²) in [6.07, 6.45) is 1.82. The van der Waals surface area contributed by atoms with Crippen molar-refractivity contribution in [3.63, 3.8) is 0 Å². The van der Waals surface area contributed by atoms with Gasteiger partial charge in [-0.05, 0) is 31.5 Å². The van der Waals surface area contributed by atoms with Gasteiger partial charge < -0.3 is 9.26 Å². The first-order valence-corrected chi connectivity index (χ1v) is 8.81. The first kappa shape index (κ1) is 16.4. The van der Waals surface area contributed by atoms with Gasteiger partial charge in [-0.2, -0.15) is 4.52 Å². The zero-order valence-corrected chi connectivity index (χ0v) is 15.3. The molecule has 0 fully saturated rings. The summed E-state index contributed by atoms with van der Waals surface area (Å²) >= 11 is 0. The second-order valence-electron chi connectivity index (χ2n) is 6.55. The van der Waals surface area contributed by atoms with Crippen LogP contribution in [0.1, 0.15) is 17.0 Å². The molecule has 1 aromatic carbocycles. The van der Waals surface area contributed by atoms with Crippen molar-refractivity contribution in [3.8, 4) is 17.4 Å². The lowest BCUT2D eigenvalue weighted by molar-refractivity contribution is 0.289. The van der Waals surface area contributed by atoms with Gasteiger partial charge in [0.1, 0.15) is 12.4 Å². The summed E-state index contributed by atoms with van der Waals surface area (Å²) in [6.45, 7) is 4.13. The standard InChI is InChI=1S/C20H16N6O2/c1-12-7-8-14(21-10-12)11-27-20-16-6-4-3-5-15(16)18-22-23-19(26(18)24-20)17-9-13(2)28-25-17/h3-10H,11H2,1-2H3. The number of benzene rings is 1. The van der Waals surface area contributed by atoms with E-state index in [2.05, 4.69) is 25.4 Å². The molecule has 4 heterocycles. The molecule has 8 heteroatoms. The predicted octanol–water partition coefficient (Wildman–Crippen LogP) is 3.52. The van der Waals surface area contributed by atoms with E-state index in [9.17, 15) is 0 Å². The number of nitrogens with zero attached hydrogens (tertiary/aromatic N) is 6. The highest BCUT2D eigenvalue weighted by molar-refractivity contribution is 5.96. The molecule has 4 aromatic heterocycles. The van der Waals surface area contributed by atoms with Gasteiger partial charge in [0.2, 0.25) is 11.7 Å². The van der Waals surface area contributed by atoms with E-state index >= 15 is 0 Å². The van der Waals surface area contributed by atoms with Crippen LogP contribution in [0.25, 0.3) is 27.9 Å². The topological polar surface area (TPSA) is 91.2 Å². The fourth-order valence-electron chi connectivity index (χ4n) is 3.02. The molecule has 5 aromatic rings. The van der Waals surface area contributed by atoms with Gasteiger partial charge in [-0.1, -0.05) is 29.4 Å². The Balaban J connectivity index is 1.63. The van der Waals surface area contributed by atoms with E-state index < -0.39 is 0 Å². The minimum absolute atomic E-state index is 0.309. The summed E-state index contributed by atoms with van der Waals surface area (Å²) in [6, 6.07) is 13.6. The van der Waals surface area contributed by atoms with Crippen LogP contribution < -0.4 is 4.74 Å². The number of hydrogen-bond donors (Lipinski definition) is 0. The van der Waals surface area contributed by atoms with Gasteiger partial charge in [0.25, 0.3) is 0 Å². The number of aromatic nitrogens is 6. The fraction of sp³-hybridized carbons (Fsp3) is 0.150. The van der Waals surface area contributed by atoms with E-state index in [0.29, 0.717) is 35.4 Å². The van der Waals surface area contributed by atoms with Gasteiger partial charge in [0.05, 0.1) is 5.69 Å². The highest BCUT2D eigenvalue weighted by Crippen LogP contribution is 2.29. The van der Waals surface area contributed by atoms with Gasteiger partial charge in [-0.3, -0.25) is 4.98 Å². The molecule has 5 rings (SSSR count). The van der Waals surface area contributed by atoms with E-state index in [1.54, 1.807) is 10.6 Å². The molecule has 28 heavy (non-hydrogen) atoms. The molecule has 0 atom stereocenters. The van der Waals surface area contributed by atoms with Gasteiger partial charge in [-0.15, -0.1) is 15.3 Å². The van der Waals surface area contributed by atoms with Crippen molar-refractivity contribution in [1.29, 1.82) is 0 Å². The summed E-state index contributed by atoms with van der Waals surface area (Å²) in [5.41, 5.74) is 3.13. The summed E-state index contributed by atoms with van der Waals surface area (Å²) in [4.78, 5) is 4.39. The molecule has 0 unspecified atom stereocenters. The van der Waals surface area contributed by atoms with Crippen molar-refractivity contribution in [3.05, 3.63) is 65.7 Å². The van der Waals surface area contributed by atoms with Crippen molar-refractivity contribution < 1.29 is 9.26 Å². The molecule has 8 nitrogen and oxygen atoms in total. The summed E-state index contributed by atoms with van der Waals surface area (Å²) in [5.74, 6) is 1.66. The maximum Gasteiger partial charge on any atom is 0.240 e. The van der Waals surface area contributed by atoms with E-state index in [1.807, 2.05) is 56.4 Å². The smallest absolute Gasteiger partial charge is 0.240 e. The quantitative estimate of drug-likeness (QED) is 0.476. The van der Waals surface area contributed by atoms with Crippen molar-refractivity contribution in [2.24, 2.45) is 0 Å². The number of ether oxygens (including phenoxy) is 1. The normalized spacial score (nSPS) is 11.4. The van der Waals surface area contributed by atoms with Crippen molar-refractivity contribution in [2.75, 3.05) is 0 Å². The Morgan fingerprint density at radius 1 is 1.04 bits per heavy atom. The summed E-state index contributed by atoms with van der Waals surface area (Å²) < 4.78 is 12.8. The van der Waals surface area contributed by atoms with Crippen molar-refractivity contribution in [1.82, 2.24) is 30.0 Å². The van der Waals surface area contributed by atoms with Crippen molar-refractivity contribution in [2.45, 2.75) is 20.5 Å². The molecule has 0 N–H and O–H groups in total. The molecule has 0 amide bonds. The summed E-state index contributed by atoms with van der Waals surface area (Å²) in [7, 11) is 0. The van der Waals surface area contributed by atoms with Crippen LogP contribution in [-0.2, 0) is 6.61 Å². The monoisotopic (exact) mass is 372 g/mol. The second kappa shape index (κ2) is 6.41. The average Bonchev–Trinajstić information content (AvgIpc) is 3.33. The van der Waals surface area contributed by atoms with E-state index in [0.717, 1.165) is 22.0 Å². The van der Waals surface area contributed by atoms with Crippen LogP contribution in [0.5, 0.6) is 5.88 Å². The Bertz CT molecular complexity index is 1290. The van der Waals surface area contributed by atoms with Gasteiger partial charge in [0.15, 0.2) is 11.3 Å². The third kappa shape index (κ3) is 2.75. The van der Waals surface area contributed by atoms with Crippen LogP contribution in [0.15, 0.2) is 53.2 Å². The van der Waals surface area contributed by atoms with Gasteiger partial charge in [-0.25, -0.2) is 0 Å². The highest BCUT2D eigenvalue weighted by atomic mass is 16.5. The number of aryl methyl sites for hydroxylation is 2. The third-order valence-corrected chi connectivity index (χ3v) is 4.42. The maximum absolute atomic E-state index is 6.02. The second-order valence-corrected chi connectivity index (χ2v) is 6.55. The van der Waals surface area contributed by atoms with Gasteiger partial charge >= 0.3 is 0 Å². The van der Waals surface area contributed by atoms with Crippen LogP contribution in [0.3, 0.4) is 0 Å². The molecule has 0 aliphatic carbocycles. The Morgan fingerprint density at radius 2 is 1.89 bits per heavy atom. The van der Waals surface area contributed by atoms with Crippen LogP contribution >= 0.6 is 0 Å². The van der Waals surface area contributed by atoms with Crippen LogP contribution in [0.4, 0.5) is 0 Å². The van der Waals surface area contributed by atoms with Crippen LogP contribution in [-0.4, -0.2) is 30.0 Å². The third-order valence-electron chi connectivity index (χ3n) is 4.42. The fourth-order valence-corrected chi connectivity index (χ4v) is 3.02. The largest absolute Gasteiger partial charge is 0.470 e. The molecule has 0 spiro atoms. The Kier molecular flexibility index (Phi) is 3.75. The molecule has 0 aliphatic rings. The SMILES string of the molecule is Cc1ccc(COc2nn3c(-c4cc(C)on4)nnc3c3ccccc23)nc1. The van der Waals surface area contributed by atoms with Crippen molar-refractivity contribution >= 4 is 16.4 Å². The molecule has 0 saturated heterocycles. The zero-order chi connectivity index (χ0) is 19.1. The first-order valence-electron chi connectivity index (χ1n) is 8.81. The molecule has 0 bridgehead atoms. The lowest BCUT2D eigenvalue weighted by Crippen LogP contribution is -2.04. The minimum atomic E-state index is 0.309. The molecule has 0 radical (unpaired) electrons. The lowest BCUT2D eigenvalue weighted by atomic mass is 10.2. The van der Waals surface area contributed by atoms with E-state index in [1.165, 1.54) is 0 Å². The van der Waals surface area contributed by atoms with Gasteiger partial charge in [0, 0.05) is 23.0 Å². The Hall–Kier alpha value is -3.81. The number of hydrogen-bond acceptors (Lipinski definition) is 7. The number of fused-ring (bicyclic) bond motifs is 3. The maximum atomic E-state index is 6.02. The average molecular weight is 372 g/mol. The Labute approximate surface area is 159 Å². The number of pyridine rings is 1. The van der Waals surface area contributed by atoms with Crippen LogP contribution in [0.2, 0.25) is 0 Å². The number of rotatable bonds is 4. The van der Waals surface area contributed by atoms with E-state index in [4.69, 9.17) is 9.26 Å². The predicted molar refractivity (Wildman–Crippen MR) is 102 cm³/mol. The first-order chi connectivity index (χ1) is 13.7. The Morgan fingerprint density at radius 3 is 2.64 bits per heavy atom. The lowest BCUT2D eigenvalue weighted by Gasteiger charge is -2.09. The zero-order valence-electron chi connectivity index (χ0n) is 15.3. The van der Waals surface area contributed by atoms with E-state index in [-0.39, 0.29) is 0 Å². The molecular weight excluding hydrogens is 356 g/mol. The highest BCUT2D eigenvalue weighted by Gasteiger charge is 2.18. The molecule has 0 aliphatic heterocycles. The molecular formula is C20H16N6O2. The summed E-state index contributed by atoms with van der Waals surface area (Å²) in [5, 5.41) is 19.0. The molecule has 138 valence electrons. The van der Waals surface area contributed by atoms with Crippen LogP contribution in [0, 0.1) is 13.8 Å².